The zero-order valence-corrected chi connectivity index (χ0v) is 29.3. The highest BCUT2D eigenvalue weighted by atomic mass is 16.7. The number of carbonyl (C=O) groups excluding carboxylic acids is 2. The summed E-state index contributed by atoms with van der Waals surface area (Å²) in [4.78, 5) is 29.8. The van der Waals surface area contributed by atoms with Gasteiger partial charge in [-0.2, -0.15) is 0 Å². The van der Waals surface area contributed by atoms with E-state index in [-0.39, 0.29) is 31.3 Å². The van der Waals surface area contributed by atoms with Crippen molar-refractivity contribution >= 4 is 17.7 Å². The molecule has 3 saturated heterocycles. The number of hydrogen-bond acceptors (Lipinski definition) is 8. The van der Waals surface area contributed by atoms with Gasteiger partial charge in [-0.1, -0.05) is 97.6 Å². The van der Waals surface area contributed by atoms with E-state index in [1.165, 1.54) is 6.08 Å². The lowest BCUT2D eigenvalue weighted by atomic mass is 9.85. The predicted molar refractivity (Wildman–Crippen MR) is 199 cm³/mol. The SMILES string of the molecule is C=CCOC(=O)NCc1cccc(-c2ccc(C3OC(CN4CCC5(CC4)C(=O)NCN5c4ccccc4)CC(c4ccc(CO)cc4)O3)cc2)c1. The Morgan fingerprint density at radius 3 is 2.40 bits per heavy atom. The van der Waals surface area contributed by atoms with Crippen LogP contribution in [0.1, 0.15) is 53.9 Å². The Labute approximate surface area is 305 Å². The topological polar surface area (TPSA) is 113 Å². The molecule has 3 unspecified atom stereocenters. The van der Waals surface area contributed by atoms with Crippen LogP contribution in [0.25, 0.3) is 11.1 Å². The van der Waals surface area contributed by atoms with Gasteiger partial charge in [0.15, 0.2) is 6.29 Å². The van der Waals surface area contributed by atoms with Crippen molar-refractivity contribution in [3.05, 3.63) is 138 Å². The smallest absolute Gasteiger partial charge is 0.407 e. The third-order valence-corrected chi connectivity index (χ3v) is 10.4. The van der Waals surface area contributed by atoms with Gasteiger partial charge in [0.25, 0.3) is 0 Å². The first-order chi connectivity index (χ1) is 25.4. The molecule has 4 aromatic carbocycles. The minimum absolute atomic E-state index is 0.00954. The largest absolute Gasteiger partial charge is 0.445 e. The Kier molecular flexibility index (Phi) is 11.0. The minimum atomic E-state index is -0.572. The lowest BCUT2D eigenvalue weighted by Crippen LogP contribution is -2.57. The van der Waals surface area contributed by atoms with Crippen molar-refractivity contribution in [3.63, 3.8) is 0 Å². The fourth-order valence-corrected chi connectivity index (χ4v) is 7.51. The number of para-hydroxylation sites is 1. The summed E-state index contributed by atoms with van der Waals surface area (Å²) >= 11 is 0. The molecular formula is C42H46N4O6. The van der Waals surface area contributed by atoms with Crippen LogP contribution >= 0.6 is 0 Å². The van der Waals surface area contributed by atoms with Crippen molar-refractivity contribution in [2.75, 3.05) is 37.8 Å². The number of rotatable bonds is 11. The molecule has 4 aromatic rings. The molecule has 0 bridgehead atoms. The molecule has 270 valence electrons. The number of amides is 2. The number of benzene rings is 4. The molecule has 10 nitrogen and oxygen atoms in total. The summed E-state index contributed by atoms with van der Waals surface area (Å²) in [5, 5.41) is 15.5. The van der Waals surface area contributed by atoms with E-state index >= 15 is 0 Å². The van der Waals surface area contributed by atoms with E-state index in [0.717, 1.165) is 71.5 Å². The molecule has 0 saturated carbocycles. The van der Waals surface area contributed by atoms with E-state index in [1.807, 2.05) is 72.8 Å². The zero-order chi connectivity index (χ0) is 35.9. The van der Waals surface area contributed by atoms with Crippen LogP contribution in [0.15, 0.2) is 116 Å². The normalized spacial score (nSPS) is 21.4. The second-order valence-electron chi connectivity index (χ2n) is 13.7. The fraction of sp³-hybridized carbons (Fsp3) is 0.333. The first-order valence-corrected chi connectivity index (χ1v) is 18.0. The van der Waals surface area contributed by atoms with E-state index < -0.39 is 17.9 Å². The molecule has 3 aliphatic rings. The van der Waals surface area contributed by atoms with Crippen LogP contribution in [0.2, 0.25) is 0 Å². The molecule has 2 amide bonds. The van der Waals surface area contributed by atoms with Gasteiger partial charge < -0.3 is 39.8 Å². The minimum Gasteiger partial charge on any atom is -0.445 e. The molecule has 7 rings (SSSR count). The highest BCUT2D eigenvalue weighted by Crippen LogP contribution is 2.40. The maximum Gasteiger partial charge on any atom is 0.407 e. The summed E-state index contributed by atoms with van der Waals surface area (Å²) in [7, 11) is 0. The monoisotopic (exact) mass is 702 g/mol. The second-order valence-corrected chi connectivity index (χ2v) is 13.7. The van der Waals surface area contributed by atoms with E-state index in [2.05, 4.69) is 57.3 Å². The lowest BCUT2D eigenvalue weighted by Gasteiger charge is -2.45. The van der Waals surface area contributed by atoms with Crippen LogP contribution in [0.4, 0.5) is 10.5 Å². The van der Waals surface area contributed by atoms with Crippen LogP contribution in [0.3, 0.4) is 0 Å². The van der Waals surface area contributed by atoms with Gasteiger partial charge in [-0.15, -0.1) is 0 Å². The number of hydrogen-bond donors (Lipinski definition) is 3. The molecule has 3 atom stereocenters. The maximum absolute atomic E-state index is 13.2. The summed E-state index contributed by atoms with van der Waals surface area (Å²) < 4.78 is 18.3. The van der Waals surface area contributed by atoms with Crippen LogP contribution in [-0.2, 0) is 32.2 Å². The summed E-state index contributed by atoms with van der Waals surface area (Å²) in [6.45, 7) is 6.90. The first kappa shape index (κ1) is 35.4. The summed E-state index contributed by atoms with van der Waals surface area (Å²) in [6, 6.07) is 34.4. The Bertz CT molecular complexity index is 1830. The molecule has 1 spiro atoms. The van der Waals surface area contributed by atoms with Gasteiger partial charge in [-0.3, -0.25) is 4.79 Å². The zero-order valence-electron chi connectivity index (χ0n) is 29.3. The molecule has 3 heterocycles. The standard InChI is InChI=1S/C42H46N4O6/c1-2-23-50-41(49)43-26-31-7-6-8-35(24-31)32-15-17-34(18-16-32)39-51-37(25-38(52-39)33-13-11-30(28-47)12-14-33)27-45-21-19-42(20-22-45)40(48)44-29-46(42)36-9-4-3-5-10-36/h2-18,24,37-39,47H,1,19-23,25-29H2,(H,43,49)(H,44,48). The molecule has 0 aliphatic carbocycles. The van der Waals surface area contributed by atoms with Crippen molar-refractivity contribution in [2.24, 2.45) is 0 Å². The number of piperidine rings is 1. The van der Waals surface area contributed by atoms with Crippen LogP contribution in [0, 0.1) is 0 Å². The van der Waals surface area contributed by atoms with Crippen LogP contribution in [-0.4, -0.2) is 66.6 Å². The molecule has 3 N–H and O–H groups in total. The number of aliphatic hydroxyl groups excluding tert-OH is 1. The van der Waals surface area contributed by atoms with Crippen LogP contribution < -0.4 is 15.5 Å². The van der Waals surface area contributed by atoms with E-state index in [0.29, 0.717) is 19.6 Å². The molecule has 3 aliphatic heterocycles. The van der Waals surface area contributed by atoms with Gasteiger partial charge in [-0.25, -0.2) is 4.79 Å². The van der Waals surface area contributed by atoms with Crippen LogP contribution in [0.5, 0.6) is 0 Å². The number of ether oxygens (including phenoxy) is 3. The third kappa shape index (κ3) is 7.90. The lowest BCUT2D eigenvalue weighted by molar-refractivity contribution is -0.253. The van der Waals surface area contributed by atoms with Gasteiger partial charge in [0.2, 0.25) is 5.91 Å². The summed E-state index contributed by atoms with van der Waals surface area (Å²) in [5.74, 6) is 0.112. The highest BCUT2D eigenvalue weighted by Gasteiger charge is 2.50. The van der Waals surface area contributed by atoms with Gasteiger partial charge in [0, 0.05) is 43.9 Å². The fourth-order valence-electron chi connectivity index (χ4n) is 7.51. The molecule has 10 heteroatoms. The molecule has 0 radical (unpaired) electrons. The third-order valence-electron chi connectivity index (χ3n) is 10.4. The average Bonchev–Trinajstić information content (AvgIpc) is 3.51. The maximum atomic E-state index is 13.2. The number of anilines is 1. The predicted octanol–water partition coefficient (Wildman–Crippen LogP) is 6.23. The number of likely N-dealkylation sites (tertiary alicyclic amines) is 1. The summed E-state index contributed by atoms with van der Waals surface area (Å²) in [6.07, 6.45) is 2.36. The van der Waals surface area contributed by atoms with Crippen molar-refractivity contribution < 1.29 is 28.9 Å². The number of aliphatic hydroxyl groups is 1. The van der Waals surface area contributed by atoms with Crippen molar-refractivity contribution in [3.8, 4) is 11.1 Å². The molecular weight excluding hydrogens is 656 g/mol. The number of nitrogens with zero attached hydrogens (tertiary/aromatic N) is 2. The highest BCUT2D eigenvalue weighted by molar-refractivity contribution is 5.93. The second kappa shape index (κ2) is 16.1. The molecule has 52 heavy (non-hydrogen) atoms. The van der Waals surface area contributed by atoms with Crippen molar-refractivity contribution in [1.82, 2.24) is 15.5 Å². The number of carbonyl (C=O) groups is 2. The van der Waals surface area contributed by atoms with E-state index in [9.17, 15) is 14.7 Å². The Balaban J connectivity index is 1.04. The van der Waals surface area contributed by atoms with Gasteiger partial charge in [-0.05, 0) is 58.9 Å². The first-order valence-electron chi connectivity index (χ1n) is 18.0. The van der Waals surface area contributed by atoms with E-state index in [1.54, 1.807) is 0 Å². The van der Waals surface area contributed by atoms with Crippen molar-refractivity contribution in [2.45, 2.75) is 56.5 Å². The molecule has 0 aromatic heterocycles. The molecule has 3 fully saturated rings. The van der Waals surface area contributed by atoms with Crippen molar-refractivity contribution in [1.29, 1.82) is 0 Å². The Hall–Kier alpha value is -5.00. The number of nitrogens with one attached hydrogen (secondary N) is 2. The average molecular weight is 703 g/mol. The van der Waals surface area contributed by atoms with E-state index in [4.69, 9.17) is 14.2 Å². The Morgan fingerprint density at radius 2 is 1.67 bits per heavy atom. The quantitative estimate of drug-likeness (QED) is 0.158. The summed E-state index contributed by atoms with van der Waals surface area (Å²) in [5.41, 5.74) is 6.37. The van der Waals surface area contributed by atoms with Gasteiger partial charge in [0.05, 0.1) is 25.5 Å². The van der Waals surface area contributed by atoms with Gasteiger partial charge in [0.1, 0.15) is 12.1 Å². The number of alkyl carbamates (subject to hydrolysis) is 1. The Morgan fingerprint density at radius 1 is 0.923 bits per heavy atom. The van der Waals surface area contributed by atoms with Gasteiger partial charge >= 0.3 is 6.09 Å².